The molecule has 1 aromatic carbocycles. The maximum absolute atomic E-state index is 6.22. The second-order valence-electron chi connectivity index (χ2n) is 5.88. The Bertz CT molecular complexity index is 680. The molecule has 0 amide bonds. The molecule has 0 atom stereocenters. The van der Waals surface area contributed by atoms with E-state index in [4.69, 9.17) is 28.2 Å². The van der Waals surface area contributed by atoms with E-state index in [1.165, 1.54) is 12.8 Å². The minimum atomic E-state index is 0. The number of nitrogens with zero attached hydrogens (tertiary/aromatic N) is 3. The fraction of sp³-hybridized carbons (Fsp3) is 0.438. The number of pyridine rings is 1. The summed E-state index contributed by atoms with van der Waals surface area (Å²) in [5, 5.41) is 2.26. The van der Waals surface area contributed by atoms with Gasteiger partial charge in [0.05, 0.1) is 10.5 Å². The third-order valence-electron chi connectivity index (χ3n) is 4.41. The van der Waals surface area contributed by atoms with Crippen LogP contribution in [0.5, 0.6) is 0 Å². The molecule has 0 radical (unpaired) electrons. The first-order valence-corrected chi connectivity index (χ1v) is 8.21. The van der Waals surface area contributed by atoms with Crippen LogP contribution >= 0.6 is 35.6 Å². The molecule has 0 bridgehead atoms. The smallest absolute Gasteiger partial charge is 0.129 e. The second kappa shape index (κ2) is 6.40. The summed E-state index contributed by atoms with van der Waals surface area (Å²) in [5.74, 6) is 1.02. The van der Waals surface area contributed by atoms with Crippen molar-refractivity contribution in [2.75, 3.05) is 31.1 Å². The molecule has 2 heterocycles. The Hall–Kier alpha value is -0.740. The van der Waals surface area contributed by atoms with Gasteiger partial charge in [-0.25, -0.2) is 4.98 Å². The number of rotatable bonds is 2. The predicted molar refractivity (Wildman–Crippen MR) is 95.8 cm³/mol. The number of benzene rings is 1. The Labute approximate surface area is 146 Å². The van der Waals surface area contributed by atoms with E-state index in [0.717, 1.165) is 48.9 Å². The van der Waals surface area contributed by atoms with E-state index >= 15 is 0 Å². The van der Waals surface area contributed by atoms with Gasteiger partial charge in [-0.3, -0.25) is 4.90 Å². The summed E-state index contributed by atoms with van der Waals surface area (Å²) >= 11 is 12.3. The monoisotopic (exact) mass is 357 g/mol. The predicted octanol–water partition coefficient (Wildman–Crippen LogP) is 4.25. The van der Waals surface area contributed by atoms with Crippen LogP contribution in [-0.2, 0) is 0 Å². The number of anilines is 1. The van der Waals surface area contributed by atoms with Crippen LogP contribution in [0, 0.1) is 0 Å². The van der Waals surface area contributed by atoms with Gasteiger partial charge in [0.15, 0.2) is 0 Å². The van der Waals surface area contributed by atoms with Crippen LogP contribution in [0.25, 0.3) is 10.9 Å². The highest BCUT2D eigenvalue weighted by atomic mass is 35.5. The van der Waals surface area contributed by atoms with Crippen molar-refractivity contribution in [2.45, 2.75) is 18.9 Å². The van der Waals surface area contributed by atoms with E-state index in [-0.39, 0.29) is 12.4 Å². The molecule has 6 heteroatoms. The topological polar surface area (TPSA) is 19.4 Å². The number of hydrogen-bond donors (Lipinski definition) is 0. The minimum Gasteiger partial charge on any atom is -0.354 e. The molecule has 2 fully saturated rings. The SMILES string of the molecule is Cl.Clc1cc(Cl)c2ccc(N3CCN(C4CC4)CC3)nc2c1. The van der Waals surface area contributed by atoms with Crippen LogP contribution in [0.15, 0.2) is 24.3 Å². The highest BCUT2D eigenvalue weighted by molar-refractivity contribution is 6.38. The molecule has 22 heavy (non-hydrogen) atoms. The zero-order valence-corrected chi connectivity index (χ0v) is 14.5. The lowest BCUT2D eigenvalue weighted by Crippen LogP contribution is -2.47. The largest absolute Gasteiger partial charge is 0.354 e. The highest BCUT2D eigenvalue weighted by Crippen LogP contribution is 2.30. The van der Waals surface area contributed by atoms with Gasteiger partial charge in [-0.2, -0.15) is 0 Å². The first-order valence-electron chi connectivity index (χ1n) is 7.45. The van der Waals surface area contributed by atoms with E-state index in [1.54, 1.807) is 6.07 Å². The van der Waals surface area contributed by atoms with Crippen molar-refractivity contribution >= 4 is 52.3 Å². The lowest BCUT2D eigenvalue weighted by atomic mass is 10.2. The number of piperazine rings is 1. The Kier molecular flexibility index (Phi) is 4.69. The molecule has 0 unspecified atom stereocenters. The van der Waals surface area contributed by atoms with Gasteiger partial charge >= 0.3 is 0 Å². The van der Waals surface area contributed by atoms with Crippen molar-refractivity contribution in [3.8, 4) is 0 Å². The average Bonchev–Trinajstić information content (AvgIpc) is 3.31. The van der Waals surface area contributed by atoms with Crippen molar-refractivity contribution < 1.29 is 0 Å². The maximum atomic E-state index is 6.22. The van der Waals surface area contributed by atoms with Crippen LogP contribution in [0.2, 0.25) is 10.0 Å². The molecule has 4 rings (SSSR count). The third kappa shape index (κ3) is 3.13. The van der Waals surface area contributed by atoms with Gasteiger partial charge in [0.25, 0.3) is 0 Å². The molecule has 0 N–H and O–H groups in total. The molecular formula is C16H18Cl3N3. The highest BCUT2D eigenvalue weighted by Gasteiger charge is 2.31. The normalized spacial score (nSPS) is 19.3. The first-order chi connectivity index (χ1) is 10.2. The third-order valence-corrected chi connectivity index (χ3v) is 4.94. The molecule has 1 aliphatic carbocycles. The Balaban J connectivity index is 0.00000144. The summed E-state index contributed by atoms with van der Waals surface area (Å²) in [5.41, 5.74) is 0.870. The van der Waals surface area contributed by atoms with Crippen LogP contribution in [0.4, 0.5) is 5.82 Å². The summed E-state index contributed by atoms with van der Waals surface area (Å²) in [4.78, 5) is 9.70. The number of hydrogen-bond acceptors (Lipinski definition) is 3. The van der Waals surface area contributed by atoms with Gasteiger partial charge in [0.1, 0.15) is 5.82 Å². The van der Waals surface area contributed by atoms with Gasteiger partial charge in [-0.15, -0.1) is 12.4 Å². The Morgan fingerprint density at radius 2 is 1.73 bits per heavy atom. The molecule has 3 nitrogen and oxygen atoms in total. The van der Waals surface area contributed by atoms with Gasteiger partial charge in [0.2, 0.25) is 0 Å². The minimum absolute atomic E-state index is 0. The van der Waals surface area contributed by atoms with Crippen LogP contribution < -0.4 is 4.90 Å². The summed E-state index contributed by atoms with van der Waals surface area (Å²) in [6, 6.07) is 8.61. The van der Waals surface area contributed by atoms with Crippen molar-refractivity contribution in [1.82, 2.24) is 9.88 Å². The lowest BCUT2D eigenvalue weighted by Gasteiger charge is -2.35. The number of aromatic nitrogens is 1. The number of halogens is 3. The van der Waals surface area contributed by atoms with E-state index in [9.17, 15) is 0 Å². The molecule has 118 valence electrons. The first kappa shape index (κ1) is 16.1. The van der Waals surface area contributed by atoms with Gasteiger partial charge in [-0.05, 0) is 37.1 Å². The lowest BCUT2D eigenvalue weighted by molar-refractivity contribution is 0.247. The molecule has 0 spiro atoms. The molecule has 1 saturated carbocycles. The van der Waals surface area contributed by atoms with Gasteiger partial charge in [-0.1, -0.05) is 23.2 Å². The van der Waals surface area contributed by atoms with Crippen LogP contribution in [-0.4, -0.2) is 42.1 Å². The average molecular weight is 359 g/mol. The van der Waals surface area contributed by atoms with Crippen molar-refractivity contribution in [3.05, 3.63) is 34.3 Å². The Morgan fingerprint density at radius 3 is 2.41 bits per heavy atom. The molecular weight excluding hydrogens is 341 g/mol. The fourth-order valence-corrected chi connectivity index (χ4v) is 3.62. The summed E-state index contributed by atoms with van der Waals surface area (Å²) in [6.45, 7) is 4.37. The summed E-state index contributed by atoms with van der Waals surface area (Å²) in [6.07, 6.45) is 2.76. The fourth-order valence-electron chi connectivity index (χ4n) is 3.08. The number of fused-ring (bicyclic) bond motifs is 1. The van der Waals surface area contributed by atoms with Gasteiger partial charge in [0, 0.05) is 42.6 Å². The van der Waals surface area contributed by atoms with E-state index in [2.05, 4.69) is 15.9 Å². The molecule has 1 aromatic heterocycles. The van der Waals surface area contributed by atoms with Crippen molar-refractivity contribution in [3.63, 3.8) is 0 Å². The van der Waals surface area contributed by atoms with Crippen LogP contribution in [0.1, 0.15) is 12.8 Å². The van der Waals surface area contributed by atoms with Crippen molar-refractivity contribution in [2.24, 2.45) is 0 Å². The Morgan fingerprint density at radius 1 is 1.00 bits per heavy atom. The summed E-state index contributed by atoms with van der Waals surface area (Å²) in [7, 11) is 0. The quantitative estimate of drug-likeness (QED) is 0.800. The molecule has 1 saturated heterocycles. The second-order valence-corrected chi connectivity index (χ2v) is 6.72. The molecule has 2 aliphatic rings. The van der Waals surface area contributed by atoms with E-state index < -0.39 is 0 Å². The molecule has 1 aliphatic heterocycles. The zero-order chi connectivity index (χ0) is 14.4. The van der Waals surface area contributed by atoms with Crippen molar-refractivity contribution in [1.29, 1.82) is 0 Å². The maximum Gasteiger partial charge on any atom is 0.129 e. The standard InChI is InChI=1S/C16H17Cl2N3.ClH/c17-11-9-14(18)13-3-4-16(19-15(13)10-11)21-7-5-20(6-8-21)12-1-2-12;/h3-4,9-10,12H,1-2,5-8H2;1H. The molecule has 2 aromatic rings. The van der Waals surface area contributed by atoms with Crippen LogP contribution in [0.3, 0.4) is 0 Å². The van der Waals surface area contributed by atoms with E-state index in [1.807, 2.05) is 12.1 Å². The van der Waals surface area contributed by atoms with E-state index in [0.29, 0.717) is 10.0 Å². The van der Waals surface area contributed by atoms with Gasteiger partial charge < -0.3 is 4.90 Å². The zero-order valence-electron chi connectivity index (χ0n) is 12.1. The summed E-state index contributed by atoms with van der Waals surface area (Å²) < 4.78 is 0.